The maximum Gasteiger partial charge on any atom is 0.222 e. The van der Waals surface area contributed by atoms with Gasteiger partial charge in [-0.2, -0.15) is 0 Å². The molecule has 0 unspecified atom stereocenters. The highest BCUT2D eigenvalue weighted by Crippen LogP contribution is 2.28. The summed E-state index contributed by atoms with van der Waals surface area (Å²) in [4.78, 5) is 21.5. The third kappa shape index (κ3) is 5.25. The van der Waals surface area contributed by atoms with E-state index in [2.05, 4.69) is 14.8 Å². The summed E-state index contributed by atoms with van der Waals surface area (Å²) in [5.41, 5.74) is 0. The minimum atomic E-state index is 0.316. The van der Waals surface area contributed by atoms with Crippen LogP contribution in [-0.4, -0.2) is 59.0 Å². The number of hydrogen-bond donors (Lipinski definition) is 0. The number of aromatic nitrogens is 1. The van der Waals surface area contributed by atoms with E-state index in [1.165, 1.54) is 32.1 Å². The monoisotopic (exact) mass is 385 g/mol. The van der Waals surface area contributed by atoms with Crippen LogP contribution in [-0.2, 0) is 4.79 Å². The number of carbonyl (C=O) groups excluding carboxylic acids is 1. The zero-order chi connectivity index (χ0) is 19.2. The highest BCUT2D eigenvalue weighted by atomic mass is 16.5. The van der Waals surface area contributed by atoms with Crippen molar-refractivity contribution in [2.24, 2.45) is 5.92 Å². The van der Waals surface area contributed by atoms with E-state index in [1.807, 2.05) is 12.1 Å². The third-order valence-corrected chi connectivity index (χ3v) is 6.95. The van der Waals surface area contributed by atoms with Crippen LogP contribution in [0.1, 0.15) is 64.2 Å². The van der Waals surface area contributed by atoms with Gasteiger partial charge in [0, 0.05) is 51.0 Å². The number of ether oxygens (including phenoxy) is 1. The van der Waals surface area contributed by atoms with Crippen LogP contribution < -0.4 is 4.74 Å². The molecule has 0 radical (unpaired) electrons. The van der Waals surface area contributed by atoms with E-state index in [0.29, 0.717) is 24.0 Å². The molecule has 1 aromatic rings. The van der Waals surface area contributed by atoms with Gasteiger partial charge in [-0.15, -0.1) is 0 Å². The lowest BCUT2D eigenvalue weighted by atomic mass is 9.86. The van der Waals surface area contributed by atoms with Crippen molar-refractivity contribution < 1.29 is 9.53 Å². The molecule has 3 aliphatic rings. The summed E-state index contributed by atoms with van der Waals surface area (Å²) < 4.78 is 6.09. The van der Waals surface area contributed by atoms with Gasteiger partial charge in [-0.3, -0.25) is 14.7 Å². The smallest absolute Gasteiger partial charge is 0.222 e. The molecule has 1 aliphatic carbocycles. The highest BCUT2D eigenvalue weighted by Gasteiger charge is 2.30. The topological polar surface area (TPSA) is 45.7 Å². The van der Waals surface area contributed by atoms with E-state index in [1.54, 1.807) is 12.4 Å². The van der Waals surface area contributed by atoms with Crippen LogP contribution in [0.2, 0.25) is 0 Å². The van der Waals surface area contributed by atoms with Crippen molar-refractivity contribution in [1.29, 1.82) is 0 Å². The van der Waals surface area contributed by atoms with Crippen molar-refractivity contribution in [3.05, 3.63) is 24.5 Å². The molecule has 4 rings (SSSR count). The Morgan fingerprint density at radius 1 is 0.929 bits per heavy atom. The molecule has 2 saturated heterocycles. The molecule has 3 heterocycles. The minimum Gasteiger partial charge on any atom is -0.490 e. The van der Waals surface area contributed by atoms with Crippen molar-refractivity contribution in [3.8, 4) is 5.75 Å². The summed E-state index contributed by atoms with van der Waals surface area (Å²) >= 11 is 0. The molecule has 1 saturated carbocycles. The molecule has 0 atom stereocenters. The lowest BCUT2D eigenvalue weighted by Gasteiger charge is -2.42. The molecule has 0 bridgehead atoms. The molecule has 0 spiro atoms. The Bertz CT molecular complexity index is 602. The third-order valence-electron chi connectivity index (χ3n) is 6.95. The molecule has 0 N–H and O–H groups in total. The second kappa shape index (κ2) is 9.73. The Kier molecular flexibility index (Phi) is 6.84. The lowest BCUT2D eigenvalue weighted by molar-refractivity contribution is -0.134. The summed E-state index contributed by atoms with van der Waals surface area (Å²) in [5, 5.41) is 0. The first-order chi connectivity index (χ1) is 13.8. The van der Waals surface area contributed by atoms with Crippen molar-refractivity contribution in [1.82, 2.24) is 14.8 Å². The largest absolute Gasteiger partial charge is 0.490 e. The molecular formula is C23H35N3O2. The molecule has 5 nitrogen and oxygen atoms in total. The van der Waals surface area contributed by atoms with Gasteiger partial charge >= 0.3 is 0 Å². The first-order valence-corrected chi connectivity index (χ1v) is 11.4. The van der Waals surface area contributed by atoms with Gasteiger partial charge in [-0.05, 0) is 56.6 Å². The van der Waals surface area contributed by atoms with Crippen LogP contribution in [0, 0.1) is 5.92 Å². The van der Waals surface area contributed by atoms with Gasteiger partial charge in [0.1, 0.15) is 11.9 Å². The van der Waals surface area contributed by atoms with Crippen molar-refractivity contribution >= 4 is 5.91 Å². The van der Waals surface area contributed by atoms with Crippen LogP contribution in [0.3, 0.4) is 0 Å². The van der Waals surface area contributed by atoms with Gasteiger partial charge in [-0.1, -0.05) is 19.3 Å². The molecule has 2 aliphatic heterocycles. The van der Waals surface area contributed by atoms with E-state index < -0.39 is 0 Å². The van der Waals surface area contributed by atoms with Crippen molar-refractivity contribution in [2.75, 3.05) is 26.2 Å². The number of piperidine rings is 2. The predicted octanol–water partition coefficient (Wildman–Crippen LogP) is 3.89. The summed E-state index contributed by atoms with van der Waals surface area (Å²) in [6, 6.07) is 4.51. The van der Waals surface area contributed by atoms with E-state index in [9.17, 15) is 4.79 Å². The Labute approximate surface area is 169 Å². The number of hydrogen-bond acceptors (Lipinski definition) is 4. The summed E-state index contributed by atoms with van der Waals surface area (Å²) in [5.74, 6) is 1.99. The normalized spacial score (nSPS) is 23.6. The Balaban J connectivity index is 1.17. The van der Waals surface area contributed by atoms with Gasteiger partial charge < -0.3 is 9.64 Å². The molecule has 1 amide bonds. The second-order valence-electron chi connectivity index (χ2n) is 8.86. The fraction of sp³-hybridized carbons (Fsp3) is 0.739. The second-order valence-corrected chi connectivity index (χ2v) is 8.86. The number of amides is 1. The Morgan fingerprint density at radius 3 is 2.29 bits per heavy atom. The maximum absolute atomic E-state index is 12.7. The molecular weight excluding hydrogens is 350 g/mol. The van der Waals surface area contributed by atoms with Crippen LogP contribution in [0.25, 0.3) is 0 Å². The van der Waals surface area contributed by atoms with E-state index in [-0.39, 0.29) is 0 Å². The van der Waals surface area contributed by atoms with E-state index in [4.69, 9.17) is 4.74 Å². The molecule has 0 aromatic carbocycles. The standard InChI is InChI=1S/C23H35N3O2/c27-23(18-19-4-2-1-3-5-19)26-14-8-20(9-15-26)25-16-10-22(11-17-25)28-21-6-12-24-13-7-21/h6-7,12-13,19-20,22H,1-5,8-11,14-18H2. The average molecular weight is 386 g/mol. The van der Waals surface area contributed by atoms with Crippen LogP contribution in [0.5, 0.6) is 5.75 Å². The minimum absolute atomic E-state index is 0.316. The Morgan fingerprint density at radius 2 is 1.61 bits per heavy atom. The van der Waals surface area contributed by atoms with Crippen LogP contribution >= 0.6 is 0 Å². The molecule has 5 heteroatoms. The molecule has 28 heavy (non-hydrogen) atoms. The molecule has 154 valence electrons. The van der Waals surface area contributed by atoms with Gasteiger partial charge in [0.05, 0.1) is 0 Å². The first-order valence-electron chi connectivity index (χ1n) is 11.4. The van der Waals surface area contributed by atoms with Crippen molar-refractivity contribution in [3.63, 3.8) is 0 Å². The Hall–Kier alpha value is -1.62. The van der Waals surface area contributed by atoms with Gasteiger partial charge in [0.15, 0.2) is 0 Å². The number of nitrogens with zero attached hydrogens (tertiary/aromatic N) is 3. The maximum atomic E-state index is 12.7. The summed E-state index contributed by atoms with van der Waals surface area (Å²) in [7, 11) is 0. The molecule has 1 aromatic heterocycles. The van der Waals surface area contributed by atoms with Crippen LogP contribution in [0.4, 0.5) is 0 Å². The van der Waals surface area contributed by atoms with Crippen LogP contribution in [0.15, 0.2) is 24.5 Å². The number of likely N-dealkylation sites (tertiary alicyclic amines) is 2. The zero-order valence-electron chi connectivity index (χ0n) is 17.1. The van der Waals surface area contributed by atoms with Gasteiger partial charge in [0.25, 0.3) is 0 Å². The van der Waals surface area contributed by atoms with Gasteiger partial charge in [-0.25, -0.2) is 0 Å². The average Bonchev–Trinajstić information content (AvgIpc) is 2.76. The highest BCUT2D eigenvalue weighted by molar-refractivity contribution is 5.76. The first kappa shape index (κ1) is 19.7. The summed E-state index contributed by atoms with van der Waals surface area (Å²) in [6.45, 7) is 4.11. The zero-order valence-corrected chi connectivity index (χ0v) is 17.1. The fourth-order valence-corrected chi connectivity index (χ4v) is 5.22. The van der Waals surface area contributed by atoms with E-state index in [0.717, 1.165) is 64.0 Å². The SMILES string of the molecule is O=C(CC1CCCCC1)N1CCC(N2CCC(Oc3ccncc3)CC2)CC1. The van der Waals surface area contributed by atoms with E-state index >= 15 is 0 Å². The molecule has 3 fully saturated rings. The quantitative estimate of drug-likeness (QED) is 0.771. The number of pyridine rings is 1. The lowest BCUT2D eigenvalue weighted by Crippen LogP contribution is -2.50. The van der Waals surface area contributed by atoms with Crippen molar-refractivity contribution in [2.45, 2.75) is 76.4 Å². The summed E-state index contributed by atoms with van der Waals surface area (Å²) in [6.07, 6.45) is 15.6. The number of rotatable bonds is 5. The number of carbonyl (C=O) groups is 1. The fourth-order valence-electron chi connectivity index (χ4n) is 5.22. The predicted molar refractivity (Wildman–Crippen MR) is 110 cm³/mol. The van der Waals surface area contributed by atoms with Gasteiger partial charge in [0.2, 0.25) is 5.91 Å².